The Kier molecular flexibility index (Phi) is 9.20. The molecule has 0 bridgehead atoms. The van der Waals surface area contributed by atoms with Crippen LogP contribution in [0.1, 0.15) is 12.2 Å². The van der Waals surface area contributed by atoms with Gasteiger partial charge in [-0.1, -0.05) is 36.4 Å². The number of rotatable bonds is 13. The van der Waals surface area contributed by atoms with Crippen molar-refractivity contribution < 1.29 is 9.47 Å². The number of para-hydroxylation sites is 2. The van der Waals surface area contributed by atoms with Gasteiger partial charge in [-0.25, -0.2) is 0 Å². The molecule has 4 rings (SSSR count). The Morgan fingerprint density at radius 2 is 1.43 bits per heavy atom. The van der Waals surface area contributed by atoms with Gasteiger partial charge in [0, 0.05) is 23.5 Å². The van der Waals surface area contributed by atoms with Crippen molar-refractivity contribution >= 4 is 11.8 Å². The largest absolute Gasteiger partial charge is 0.494 e. The molecule has 0 saturated heterocycles. The predicted molar refractivity (Wildman–Crippen MR) is 144 cm³/mol. The molecule has 0 amide bonds. The molecular weight excluding hydrogens is 456 g/mol. The van der Waals surface area contributed by atoms with Gasteiger partial charge in [-0.05, 0) is 69.0 Å². The zero-order valence-corrected chi connectivity index (χ0v) is 21.2. The van der Waals surface area contributed by atoms with E-state index in [0.29, 0.717) is 13.2 Å². The number of nitrogens with zero attached hydrogens (tertiary/aromatic N) is 4. The van der Waals surface area contributed by atoms with Crippen molar-refractivity contribution in [2.24, 2.45) is 0 Å². The van der Waals surface area contributed by atoms with Gasteiger partial charge >= 0.3 is 0 Å². The molecule has 7 heteroatoms. The Morgan fingerprint density at radius 3 is 2.14 bits per heavy atom. The van der Waals surface area contributed by atoms with Gasteiger partial charge in [0.05, 0.1) is 19.0 Å². The molecular formula is C28H32N4O2S. The number of aromatic nitrogens is 3. The van der Waals surface area contributed by atoms with Crippen LogP contribution in [0, 0.1) is 0 Å². The molecule has 0 radical (unpaired) electrons. The Morgan fingerprint density at radius 1 is 0.771 bits per heavy atom. The molecule has 0 spiro atoms. The second kappa shape index (κ2) is 13.0. The lowest BCUT2D eigenvalue weighted by Gasteiger charge is -2.12. The minimum Gasteiger partial charge on any atom is -0.494 e. The molecule has 6 nitrogen and oxygen atoms in total. The summed E-state index contributed by atoms with van der Waals surface area (Å²) in [6.07, 6.45) is 0.995. The van der Waals surface area contributed by atoms with Crippen LogP contribution < -0.4 is 9.47 Å². The van der Waals surface area contributed by atoms with Crippen LogP contribution in [0.25, 0.3) is 17.1 Å². The number of benzene rings is 3. The standard InChI is InChI=1S/C28H32N4O2S/c1-31(2)18-9-19-33-26-16-14-23(15-17-26)28-30-29-27(32(28)24-10-5-3-6-11-24)22-35-21-20-34-25-12-7-4-8-13-25/h3-8,10-17H,9,18-22H2,1-2H3. The second-order valence-electron chi connectivity index (χ2n) is 8.35. The fourth-order valence-corrected chi connectivity index (χ4v) is 4.33. The average molecular weight is 489 g/mol. The number of hydrogen-bond donors (Lipinski definition) is 0. The summed E-state index contributed by atoms with van der Waals surface area (Å²) in [6, 6.07) is 28.3. The van der Waals surface area contributed by atoms with E-state index in [-0.39, 0.29) is 0 Å². The van der Waals surface area contributed by atoms with Crippen LogP contribution >= 0.6 is 11.8 Å². The maximum atomic E-state index is 5.89. The quantitative estimate of drug-likeness (QED) is 0.229. The van der Waals surface area contributed by atoms with Crippen molar-refractivity contribution in [1.29, 1.82) is 0 Å². The van der Waals surface area contributed by atoms with Gasteiger partial charge in [0.25, 0.3) is 0 Å². The average Bonchev–Trinajstić information content (AvgIpc) is 3.32. The van der Waals surface area contributed by atoms with Gasteiger partial charge < -0.3 is 14.4 Å². The molecule has 0 saturated carbocycles. The Labute approximate surface area is 211 Å². The summed E-state index contributed by atoms with van der Waals surface area (Å²) in [5.74, 6) is 5.12. The highest BCUT2D eigenvalue weighted by Crippen LogP contribution is 2.26. The molecule has 0 aliphatic carbocycles. The number of ether oxygens (including phenoxy) is 2. The highest BCUT2D eigenvalue weighted by Gasteiger charge is 2.16. The fourth-order valence-electron chi connectivity index (χ4n) is 3.62. The molecule has 182 valence electrons. The molecule has 1 aromatic heterocycles. The van der Waals surface area contributed by atoms with Gasteiger partial charge in [0.15, 0.2) is 5.82 Å². The third-order valence-corrected chi connectivity index (χ3v) is 6.26. The first-order valence-corrected chi connectivity index (χ1v) is 13.0. The molecule has 0 aliphatic rings. The van der Waals surface area contributed by atoms with E-state index in [4.69, 9.17) is 9.47 Å². The summed E-state index contributed by atoms with van der Waals surface area (Å²) in [5, 5.41) is 9.10. The molecule has 0 aliphatic heterocycles. The molecule has 0 N–H and O–H groups in total. The van der Waals surface area contributed by atoms with Crippen LogP contribution in [0.3, 0.4) is 0 Å². The van der Waals surface area contributed by atoms with E-state index in [1.54, 1.807) is 11.8 Å². The summed E-state index contributed by atoms with van der Waals surface area (Å²) in [7, 11) is 4.14. The SMILES string of the molecule is CN(C)CCCOc1ccc(-c2nnc(CSCCOc3ccccc3)n2-c2ccccc2)cc1. The number of thioether (sulfide) groups is 1. The van der Waals surface area contributed by atoms with Gasteiger partial charge in [-0.2, -0.15) is 11.8 Å². The van der Waals surface area contributed by atoms with Crippen LogP contribution in [0.5, 0.6) is 11.5 Å². The van der Waals surface area contributed by atoms with Crippen molar-refractivity contribution in [2.45, 2.75) is 12.2 Å². The molecule has 0 atom stereocenters. The van der Waals surface area contributed by atoms with Crippen molar-refractivity contribution in [3.05, 3.63) is 90.8 Å². The lowest BCUT2D eigenvalue weighted by molar-refractivity contribution is 0.281. The maximum absolute atomic E-state index is 5.89. The first-order valence-electron chi connectivity index (χ1n) is 11.8. The van der Waals surface area contributed by atoms with Crippen LogP contribution in [0.15, 0.2) is 84.9 Å². The topological polar surface area (TPSA) is 52.4 Å². The summed E-state index contributed by atoms with van der Waals surface area (Å²) in [5.41, 5.74) is 2.05. The van der Waals surface area contributed by atoms with Crippen LogP contribution in [0.4, 0.5) is 0 Å². The smallest absolute Gasteiger partial charge is 0.168 e. The Balaban J connectivity index is 1.42. The molecule has 0 unspecified atom stereocenters. The van der Waals surface area contributed by atoms with Crippen molar-refractivity contribution in [3.8, 4) is 28.6 Å². The lowest BCUT2D eigenvalue weighted by atomic mass is 10.2. The molecule has 35 heavy (non-hydrogen) atoms. The van der Waals surface area contributed by atoms with E-state index >= 15 is 0 Å². The van der Waals surface area contributed by atoms with Crippen LogP contribution in [-0.4, -0.2) is 59.3 Å². The fraction of sp³-hybridized carbons (Fsp3) is 0.286. The first kappa shape index (κ1) is 24.8. The molecule has 0 fully saturated rings. The third kappa shape index (κ3) is 7.34. The highest BCUT2D eigenvalue weighted by molar-refractivity contribution is 7.98. The van der Waals surface area contributed by atoms with Crippen molar-refractivity contribution in [1.82, 2.24) is 19.7 Å². The zero-order valence-electron chi connectivity index (χ0n) is 20.3. The summed E-state index contributed by atoms with van der Waals surface area (Å²) in [4.78, 5) is 2.16. The zero-order chi connectivity index (χ0) is 24.3. The van der Waals surface area contributed by atoms with E-state index in [2.05, 4.69) is 58.0 Å². The normalized spacial score (nSPS) is 11.1. The first-order chi connectivity index (χ1) is 17.2. The molecule has 1 heterocycles. The maximum Gasteiger partial charge on any atom is 0.168 e. The minimum absolute atomic E-state index is 0.650. The predicted octanol–water partition coefficient (Wildman–Crippen LogP) is 5.58. The van der Waals surface area contributed by atoms with E-state index < -0.39 is 0 Å². The van der Waals surface area contributed by atoms with Crippen LogP contribution in [-0.2, 0) is 5.75 Å². The van der Waals surface area contributed by atoms with E-state index in [0.717, 1.165) is 58.9 Å². The van der Waals surface area contributed by atoms with Crippen LogP contribution in [0.2, 0.25) is 0 Å². The summed E-state index contributed by atoms with van der Waals surface area (Å²) in [6.45, 7) is 2.36. The van der Waals surface area contributed by atoms with E-state index in [1.807, 2.05) is 60.7 Å². The van der Waals surface area contributed by atoms with Gasteiger partial charge in [-0.3, -0.25) is 4.57 Å². The van der Waals surface area contributed by atoms with Gasteiger partial charge in [0.2, 0.25) is 0 Å². The second-order valence-corrected chi connectivity index (χ2v) is 9.46. The Hall–Kier alpha value is -3.29. The number of hydrogen-bond acceptors (Lipinski definition) is 6. The monoisotopic (exact) mass is 488 g/mol. The van der Waals surface area contributed by atoms with E-state index in [1.165, 1.54) is 0 Å². The molecule has 4 aromatic rings. The summed E-state index contributed by atoms with van der Waals surface area (Å²) >= 11 is 1.79. The highest BCUT2D eigenvalue weighted by atomic mass is 32.2. The van der Waals surface area contributed by atoms with E-state index in [9.17, 15) is 0 Å². The van der Waals surface area contributed by atoms with Gasteiger partial charge in [-0.15, -0.1) is 10.2 Å². The summed E-state index contributed by atoms with van der Waals surface area (Å²) < 4.78 is 13.8. The molecule has 3 aromatic carbocycles. The Bertz CT molecular complexity index is 1150. The van der Waals surface area contributed by atoms with Crippen molar-refractivity contribution in [2.75, 3.05) is 39.6 Å². The third-order valence-electron chi connectivity index (χ3n) is 5.35. The van der Waals surface area contributed by atoms with Gasteiger partial charge in [0.1, 0.15) is 17.3 Å². The lowest BCUT2D eigenvalue weighted by Crippen LogP contribution is -2.15. The van der Waals surface area contributed by atoms with Crippen molar-refractivity contribution in [3.63, 3.8) is 0 Å². The minimum atomic E-state index is 0.650.